The second-order valence-electron chi connectivity index (χ2n) is 8.56. The maximum absolute atomic E-state index is 13.4. The van der Waals surface area contributed by atoms with E-state index in [4.69, 9.17) is 14.2 Å². The van der Waals surface area contributed by atoms with Gasteiger partial charge in [0.1, 0.15) is 34.4 Å². The predicted molar refractivity (Wildman–Crippen MR) is 131 cm³/mol. The van der Waals surface area contributed by atoms with Crippen LogP contribution in [0.3, 0.4) is 0 Å². The largest absolute Gasteiger partial charge is 0.494 e. The second-order valence-corrected chi connectivity index (χ2v) is 10.6. The first kappa shape index (κ1) is 25.8. The first-order valence-electron chi connectivity index (χ1n) is 11.5. The number of nitrogens with one attached hydrogen (secondary N) is 1. The van der Waals surface area contributed by atoms with Crippen molar-refractivity contribution in [2.24, 2.45) is 0 Å². The van der Waals surface area contributed by atoms with Gasteiger partial charge in [-0.1, -0.05) is 6.07 Å². The summed E-state index contributed by atoms with van der Waals surface area (Å²) in [5, 5.41) is 17.9. The Balaban J connectivity index is 1.77. The van der Waals surface area contributed by atoms with E-state index in [-0.39, 0.29) is 17.7 Å². The van der Waals surface area contributed by atoms with E-state index in [1.54, 1.807) is 29.7 Å². The molecule has 3 aromatic rings. The van der Waals surface area contributed by atoms with Crippen LogP contribution >= 0.6 is 0 Å². The number of aryl methyl sites for hydroxylation is 1. The maximum atomic E-state index is 13.4. The highest BCUT2D eigenvalue weighted by Crippen LogP contribution is 2.38. The van der Waals surface area contributed by atoms with Gasteiger partial charge in [0, 0.05) is 24.9 Å². The lowest BCUT2D eigenvalue weighted by molar-refractivity contribution is 0.0775. The van der Waals surface area contributed by atoms with E-state index in [2.05, 4.69) is 24.9 Å². The minimum Gasteiger partial charge on any atom is -0.494 e. The Kier molecular flexibility index (Phi) is 7.71. The van der Waals surface area contributed by atoms with Crippen molar-refractivity contribution in [1.82, 2.24) is 24.7 Å². The van der Waals surface area contributed by atoms with Crippen LogP contribution < -0.4 is 14.2 Å². The van der Waals surface area contributed by atoms with E-state index in [1.165, 1.54) is 33.5 Å². The number of sulfonamides is 1. The summed E-state index contributed by atoms with van der Waals surface area (Å²) in [6.07, 6.45) is 3.19. The Morgan fingerprint density at radius 2 is 1.83 bits per heavy atom. The molecular formula is C23H30N6O6S. The van der Waals surface area contributed by atoms with Crippen LogP contribution in [0.5, 0.6) is 11.5 Å². The van der Waals surface area contributed by atoms with Crippen molar-refractivity contribution in [3.63, 3.8) is 0 Å². The van der Waals surface area contributed by atoms with Crippen molar-refractivity contribution in [3.05, 3.63) is 47.8 Å². The average molecular weight is 519 g/mol. The molecule has 1 unspecified atom stereocenters. The van der Waals surface area contributed by atoms with Crippen molar-refractivity contribution in [1.29, 1.82) is 0 Å². The Hall–Kier alpha value is -3.29. The van der Waals surface area contributed by atoms with Crippen LogP contribution in [0.15, 0.2) is 30.6 Å². The monoisotopic (exact) mass is 518 g/mol. The van der Waals surface area contributed by atoms with Gasteiger partial charge in [0.15, 0.2) is 5.82 Å². The number of anilines is 1. The Morgan fingerprint density at radius 3 is 2.42 bits per heavy atom. The van der Waals surface area contributed by atoms with E-state index in [0.29, 0.717) is 36.2 Å². The number of para-hydroxylation sites is 1. The molecule has 36 heavy (non-hydrogen) atoms. The van der Waals surface area contributed by atoms with E-state index < -0.39 is 21.4 Å². The summed E-state index contributed by atoms with van der Waals surface area (Å²) >= 11 is 0. The average Bonchev–Trinajstić information content (AvgIpc) is 3.30. The third-order valence-corrected chi connectivity index (χ3v) is 7.78. The van der Waals surface area contributed by atoms with Gasteiger partial charge < -0.3 is 19.3 Å². The molecule has 0 spiro atoms. The molecule has 3 heterocycles. The SMILES string of the molecule is COc1cccc(OC)c1-n1c(NS(=O)(=O)[C@@H](C)[C@H](O)c2ncc(C)cn2)nnc1C1CCCOC1. The normalized spacial score (nSPS) is 17.9. The summed E-state index contributed by atoms with van der Waals surface area (Å²) in [6, 6.07) is 5.23. The Morgan fingerprint density at radius 1 is 1.17 bits per heavy atom. The summed E-state index contributed by atoms with van der Waals surface area (Å²) in [4.78, 5) is 8.12. The van der Waals surface area contributed by atoms with Crippen LogP contribution in [0.4, 0.5) is 5.95 Å². The second kappa shape index (κ2) is 10.8. The molecule has 2 N–H and O–H groups in total. The first-order chi connectivity index (χ1) is 17.3. The van der Waals surface area contributed by atoms with Gasteiger partial charge in [-0.2, -0.15) is 0 Å². The number of methoxy groups -OCH3 is 2. The fourth-order valence-electron chi connectivity index (χ4n) is 4.00. The maximum Gasteiger partial charge on any atom is 0.243 e. The molecular weight excluding hydrogens is 488 g/mol. The summed E-state index contributed by atoms with van der Waals surface area (Å²) in [7, 11) is -1.15. The van der Waals surface area contributed by atoms with Gasteiger partial charge in [0.2, 0.25) is 16.0 Å². The molecule has 0 amide bonds. The molecule has 1 aliphatic rings. The molecule has 2 aromatic heterocycles. The molecule has 0 aliphatic carbocycles. The number of hydrogen-bond donors (Lipinski definition) is 2. The van der Waals surface area contributed by atoms with Crippen LogP contribution in [0, 0.1) is 6.92 Å². The fraction of sp³-hybridized carbons (Fsp3) is 0.478. The molecule has 1 aliphatic heterocycles. The smallest absolute Gasteiger partial charge is 0.243 e. The molecule has 4 rings (SSSR count). The molecule has 12 nitrogen and oxygen atoms in total. The summed E-state index contributed by atoms with van der Waals surface area (Å²) in [5.41, 5.74) is 1.23. The lowest BCUT2D eigenvalue weighted by atomic mass is 10.0. The minimum atomic E-state index is -4.17. The molecule has 1 aromatic carbocycles. The van der Waals surface area contributed by atoms with Crippen LogP contribution in [0.1, 0.15) is 49.0 Å². The van der Waals surface area contributed by atoms with Crippen LogP contribution in [-0.4, -0.2) is 70.9 Å². The van der Waals surface area contributed by atoms with Crippen LogP contribution in [-0.2, 0) is 14.8 Å². The molecule has 0 saturated carbocycles. The zero-order valence-electron chi connectivity index (χ0n) is 20.6. The van der Waals surface area contributed by atoms with Gasteiger partial charge in [-0.3, -0.25) is 9.29 Å². The van der Waals surface area contributed by atoms with Crippen molar-refractivity contribution in [2.75, 3.05) is 32.2 Å². The number of rotatable bonds is 9. The van der Waals surface area contributed by atoms with Crippen molar-refractivity contribution in [2.45, 2.75) is 44.0 Å². The quantitative estimate of drug-likeness (QED) is 0.431. The Labute approximate surface area is 209 Å². The van der Waals surface area contributed by atoms with Crippen LogP contribution in [0.25, 0.3) is 5.69 Å². The number of aliphatic hydroxyl groups is 1. The molecule has 0 radical (unpaired) electrons. The van der Waals surface area contributed by atoms with Crippen molar-refractivity contribution < 1.29 is 27.7 Å². The summed E-state index contributed by atoms with van der Waals surface area (Å²) < 4.78 is 47.6. The van der Waals surface area contributed by atoms with E-state index in [9.17, 15) is 13.5 Å². The number of aromatic nitrogens is 5. The van der Waals surface area contributed by atoms with Gasteiger partial charge in [0.25, 0.3) is 0 Å². The topological polar surface area (TPSA) is 151 Å². The fourth-order valence-corrected chi connectivity index (χ4v) is 5.03. The van der Waals surface area contributed by atoms with Crippen molar-refractivity contribution >= 4 is 16.0 Å². The number of hydrogen-bond acceptors (Lipinski definition) is 10. The summed E-state index contributed by atoms with van der Waals surface area (Å²) in [5.74, 6) is 1.20. The minimum absolute atomic E-state index is 0.00591. The standard InChI is InChI=1S/C23H30N6O6S/c1-14-11-24-21(25-12-14)20(30)15(2)36(31,32)28-23-27-26-22(16-7-6-10-35-13-16)29(23)19-17(33-3)8-5-9-18(19)34-4/h5,8-9,11-12,15-16,20,30H,6-7,10,13H2,1-4H3,(H,27,28)/t15-,16?,20-/m0/s1. The third-order valence-electron chi connectivity index (χ3n) is 6.07. The van der Waals surface area contributed by atoms with Gasteiger partial charge in [-0.05, 0) is 44.4 Å². The highest BCUT2D eigenvalue weighted by atomic mass is 32.2. The molecule has 0 bridgehead atoms. The Bertz CT molecular complexity index is 1270. The lowest BCUT2D eigenvalue weighted by Crippen LogP contribution is -2.32. The van der Waals surface area contributed by atoms with Gasteiger partial charge >= 0.3 is 0 Å². The van der Waals surface area contributed by atoms with Crippen molar-refractivity contribution in [3.8, 4) is 17.2 Å². The molecule has 1 fully saturated rings. The molecule has 1 saturated heterocycles. The third kappa shape index (κ3) is 5.13. The highest BCUT2D eigenvalue weighted by Gasteiger charge is 2.34. The van der Waals surface area contributed by atoms with E-state index in [1.807, 2.05) is 0 Å². The number of benzene rings is 1. The van der Waals surface area contributed by atoms with Gasteiger partial charge in [-0.15, -0.1) is 10.2 Å². The van der Waals surface area contributed by atoms with Crippen LogP contribution in [0.2, 0.25) is 0 Å². The number of aliphatic hydroxyl groups excluding tert-OH is 1. The predicted octanol–water partition coefficient (Wildman–Crippen LogP) is 2.14. The molecule has 3 atom stereocenters. The first-order valence-corrected chi connectivity index (χ1v) is 13.0. The number of nitrogens with zero attached hydrogens (tertiary/aromatic N) is 5. The zero-order chi connectivity index (χ0) is 25.9. The zero-order valence-corrected chi connectivity index (χ0v) is 21.4. The van der Waals surface area contributed by atoms with Gasteiger partial charge in [-0.25, -0.2) is 18.4 Å². The molecule has 13 heteroatoms. The summed E-state index contributed by atoms with van der Waals surface area (Å²) in [6.45, 7) is 4.24. The van der Waals surface area contributed by atoms with Gasteiger partial charge in [0.05, 0.1) is 20.8 Å². The highest BCUT2D eigenvalue weighted by molar-refractivity contribution is 7.93. The lowest BCUT2D eigenvalue weighted by Gasteiger charge is -2.24. The molecule has 194 valence electrons. The number of ether oxygens (including phenoxy) is 3. The van der Waals surface area contributed by atoms with E-state index >= 15 is 0 Å². The van der Waals surface area contributed by atoms with E-state index in [0.717, 1.165) is 18.4 Å².